The number of carbonyl (C=O) groups is 1. The van der Waals surface area contributed by atoms with Crippen LogP contribution in [0, 0.1) is 5.92 Å². The van der Waals surface area contributed by atoms with Gasteiger partial charge >= 0.3 is 0 Å². The largest absolute Gasteiger partial charge is 0.385 e. The molecule has 2 rings (SSSR count). The van der Waals surface area contributed by atoms with E-state index in [9.17, 15) is 4.79 Å². The molecule has 21 heavy (non-hydrogen) atoms. The maximum absolute atomic E-state index is 12.0. The molecule has 0 aromatic carbocycles. The second-order valence-corrected chi connectivity index (χ2v) is 6.43. The molecule has 0 radical (unpaired) electrons. The van der Waals surface area contributed by atoms with Gasteiger partial charge in [0.2, 0.25) is 5.91 Å². The van der Waals surface area contributed by atoms with Crippen LogP contribution < -0.4 is 10.6 Å². The van der Waals surface area contributed by atoms with Crippen molar-refractivity contribution in [2.45, 2.75) is 44.6 Å². The van der Waals surface area contributed by atoms with Crippen LogP contribution in [-0.4, -0.2) is 63.3 Å². The van der Waals surface area contributed by atoms with E-state index in [0.29, 0.717) is 18.4 Å². The molecule has 5 heteroatoms. The summed E-state index contributed by atoms with van der Waals surface area (Å²) in [5.41, 5.74) is 0. The number of hydrogen-bond acceptors (Lipinski definition) is 4. The number of ether oxygens (including phenoxy) is 1. The summed E-state index contributed by atoms with van der Waals surface area (Å²) in [7, 11) is 1.75. The Labute approximate surface area is 128 Å². The Morgan fingerprint density at radius 3 is 2.81 bits per heavy atom. The van der Waals surface area contributed by atoms with Crippen LogP contribution in [0.25, 0.3) is 0 Å². The Hall–Kier alpha value is -0.650. The van der Waals surface area contributed by atoms with Gasteiger partial charge in [-0.25, -0.2) is 0 Å². The molecule has 0 spiro atoms. The van der Waals surface area contributed by atoms with Crippen LogP contribution in [0.3, 0.4) is 0 Å². The molecule has 2 aliphatic rings. The summed E-state index contributed by atoms with van der Waals surface area (Å²) < 4.78 is 5.09. The molecule has 2 fully saturated rings. The second kappa shape index (κ2) is 9.38. The van der Waals surface area contributed by atoms with Gasteiger partial charge in [0, 0.05) is 45.8 Å². The zero-order valence-electron chi connectivity index (χ0n) is 13.4. The first-order chi connectivity index (χ1) is 10.3. The monoisotopic (exact) mass is 297 g/mol. The average Bonchev–Trinajstić information content (AvgIpc) is 3.01. The minimum Gasteiger partial charge on any atom is -0.385 e. The lowest BCUT2D eigenvalue weighted by Crippen LogP contribution is -2.45. The molecule has 0 aromatic rings. The van der Waals surface area contributed by atoms with Gasteiger partial charge in [0.15, 0.2) is 0 Å². The number of nitrogens with zero attached hydrogens (tertiary/aromatic N) is 1. The van der Waals surface area contributed by atoms with Gasteiger partial charge in [-0.05, 0) is 51.1 Å². The van der Waals surface area contributed by atoms with E-state index in [1.54, 1.807) is 7.11 Å². The molecule has 5 nitrogen and oxygen atoms in total. The van der Waals surface area contributed by atoms with Crippen molar-refractivity contribution >= 4 is 5.91 Å². The maximum atomic E-state index is 12.0. The third kappa shape index (κ3) is 6.32. The fourth-order valence-corrected chi connectivity index (χ4v) is 3.33. The maximum Gasteiger partial charge on any atom is 0.220 e. The highest BCUT2D eigenvalue weighted by molar-refractivity contribution is 5.76. The molecule has 0 bridgehead atoms. The summed E-state index contributed by atoms with van der Waals surface area (Å²) in [6.07, 6.45) is 6.23. The molecule has 2 saturated heterocycles. The van der Waals surface area contributed by atoms with Crippen molar-refractivity contribution in [3.05, 3.63) is 0 Å². The van der Waals surface area contributed by atoms with Crippen LogP contribution in [0.2, 0.25) is 0 Å². The lowest BCUT2D eigenvalue weighted by Gasteiger charge is -2.32. The predicted molar refractivity (Wildman–Crippen MR) is 84.3 cm³/mol. The SMILES string of the molecule is COCCCN1CCC(NC(=O)CCC2CCNC2)CC1. The molecule has 2 N–H and O–H groups in total. The third-order valence-electron chi connectivity index (χ3n) is 4.72. The molecule has 0 saturated carbocycles. The number of rotatable bonds is 8. The summed E-state index contributed by atoms with van der Waals surface area (Å²) in [4.78, 5) is 14.5. The van der Waals surface area contributed by atoms with E-state index in [0.717, 1.165) is 65.0 Å². The van der Waals surface area contributed by atoms with Gasteiger partial charge in [-0.1, -0.05) is 0 Å². The molecule has 1 atom stereocenters. The predicted octanol–water partition coefficient (Wildman–Crippen LogP) is 0.993. The smallest absolute Gasteiger partial charge is 0.220 e. The van der Waals surface area contributed by atoms with E-state index in [-0.39, 0.29) is 5.91 Å². The van der Waals surface area contributed by atoms with E-state index in [1.807, 2.05) is 0 Å². The van der Waals surface area contributed by atoms with E-state index in [1.165, 1.54) is 6.42 Å². The average molecular weight is 297 g/mol. The first-order valence-corrected chi connectivity index (χ1v) is 8.49. The van der Waals surface area contributed by atoms with Gasteiger partial charge in [-0.15, -0.1) is 0 Å². The number of methoxy groups -OCH3 is 1. The lowest BCUT2D eigenvalue weighted by molar-refractivity contribution is -0.122. The van der Waals surface area contributed by atoms with Crippen LogP contribution in [0.15, 0.2) is 0 Å². The molecule has 122 valence electrons. The van der Waals surface area contributed by atoms with Gasteiger partial charge in [0.05, 0.1) is 0 Å². The van der Waals surface area contributed by atoms with Crippen molar-refractivity contribution in [2.75, 3.05) is 46.4 Å². The number of likely N-dealkylation sites (tertiary alicyclic amines) is 1. The number of amides is 1. The van der Waals surface area contributed by atoms with Gasteiger partial charge in [0.1, 0.15) is 0 Å². The molecule has 1 amide bonds. The number of hydrogen-bond donors (Lipinski definition) is 2. The van der Waals surface area contributed by atoms with Crippen molar-refractivity contribution in [2.24, 2.45) is 5.92 Å². The van der Waals surface area contributed by atoms with Crippen molar-refractivity contribution in [3.63, 3.8) is 0 Å². The Morgan fingerprint density at radius 2 is 2.14 bits per heavy atom. The lowest BCUT2D eigenvalue weighted by atomic mass is 10.0. The van der Waals surface area contributed by atoms with Gasteiger partial charge in [0.25, 0.3) is 0 Å². The second-order valence-electron chi connectivity index (χ2n) is 6.43. The van der Waals surface area contributed by atoms with Crippen molar-refractivity contribution in [1.29, 1.82) is 0 Å². The van der Waals surface area contributed by atoms with Crippen LogP contribution in [0.4, 0.5) is 0 Å². The Morgan fingerprint density at radius 1 is 1.33 bits per heavy atom. The molecule has 1 unspecified atom stereocenters. The van der Waals surface area contributed by atoms with Gasteiger partial charge in [-0.2, -0.15) is 0 Å². The minimum atomic E-state index is 0.250. The Balaban J connectivity index is 1.54. The molecule has 2 heterocycles. The molecular weight excluding hydrogens is 266 g/mol. The molecule has 0 aromatic heterocycles. The fraction of sp³-hybridized carbons (Fsp3) is 0.938. The highest BCUT2D eigenvalue weighted by atomic mass is 16.5. The zero-order valence-corrected chi connectivity index (χ0v) is 13.4. The van der Waals surface area contributed by atoms with E-state index >= 15 is 0 Å². The topological polar surface area (TPSA) is 53.6 Å². The molecule has 0 aliphatic carbocycles. The van der Waals surface area contributed by atoms with Crippen LogP contribution in [0.5, 0.6) is 0 Å². The Kier molecular flexibility index (Phi) is 7.47. The highest BCUT2D eigenvalue weighted by Crippen LogP contribution is 2.15. The highest BCUT2D eigenvalue weighted by Gasteiger charge is 2.21. The number of nitrogens with one attached hydrogen (secondary N) is 2. The quantitative estimate of drug-likeness (QED) is 0.656. The van der Waals surface area contributed by atoms with E-state index in [2.05, 4.69) is 15.5 Å². The number of piperidine rings is 1. The first kappa shape index (κ1) is 16.7. The van der Waals surface area contributed by atoms with E-state index < -0.39 is 0 Å². The summed E-state index contributed by atoms with van der Waals surface area (Å²) in [5.74, 6) is 0.957. The minimum absolute atomic E-state index is 0.250. The summed E-state index contributed by atoms with van der Waals surface area (Å²) >= 11 is 0. The van der Waals surface area contributed by atoms with Crippen molar-refractivity contribution in [1.82, 2.24) is 15.5 Å². The molecular formula is C16H31N3O2. The van der Waals surface area contributed by atoms with Crippen LogP contribution >= 0.6 is 0 Å². The molecule has 2 aliphatic heterocycles. The first-order valence-electron chi connectivity index (χ1n) is 8.49. The van der Waals surface area contributed by atoms with Crippen LogP contribution in [0.1, 0.15) is 38.5 Å². The summed E-state index contributed by atoms with van der Waals surface area (Å²) in [6, 6.07) is 0.387. The van der Waals surface area contributed by atoms with Crippen LogP contribution in [-0.2, 0) is 9.53 Å². The zero-order chi connectivity index (χ0) is 14.9. The van der Waals surface area contributed by atoms with E-state index in [4.69, 9.17) is 4.74 Å². The summed E-state index contributed by atoms with van der Waals surface area (Å²) in [5, 5.41) is 6.58. The standard InChI is InChI=1S/C16H31N3O2/c1-21-12-2-9-19-10-6-15(7-11-19)18-16(20)4-3-14-5-8-17-13-14/h14-15,17H,2-13H2,1H3,(H,18,20). The third-order valence-corrected chi connectivity index (χ3v) is 4.72. The Bertz CT molecular complexity index is 298. The van der Waals surface area contributed by atoms with Gasteiger partial charge < -0.3 is 20.3 Å². The summed E-state index contributed by atoms with van der Waals surface area (Å²) in [6.45, 7) is 6.36. The van der Waals surface area contributed by atoms with Crippen molar-refractivity contribution in [3.8, 4) is 0 Å². The normalized spacial score (nSPS) is 24.3. The number of carbonyl (C=O) groups excluding carboxylic acids is 1. The van der Waals surface area contributed by atoms with Crippen molar-refractivity contribution < 1.29 is 9.53 Å². The fourth-order valence-electron chi connectivity index (χ4n) is 3.33. The van der Waals surface area contributed by atoms with Gasteiger partial charge in [-0.3, -0.25) is 4.79 Å².